The van der Waals surface area contributed by atoms with Crippen molar-refractivity contribution >= 4 is 28.4 Å². The summed E-state index contributed by atoms with van der Waals surface area (Å²) in [6.45, 7) is 2.45. The summed E-state index contributed by atoms with van der Waals surface area (Å²) in [5, 5.41) is 2.70. The highest BCUT2D eigenvalue weighted by molar-refractivity contribution is 6.04. The SMILES string of the molecule is CC1OCc2c1c1ncnc(N)c1n2-c1ccc(Oc2cccc(NC(=O)c3ccccc3F)c2)cc1. The summed E-state index contributed by atoms with van der Waals surface area (Å²) in [4.78, 5) is 21.1. The lowest BCUT2D eigenvalue weighted by Crippen LogP contribution is -2.13. The molecule has 1 atom stereocenters. The Morgan fingerprint density at radius 1 is 1.08 bits per heavy atom. The fraction of sp³-hybridized carbons (Fsp3) is 0.107. The summed E-state index contributed by atoms with van der Waals surface area (Å²) >= 11 is 0. The number of nitrogens with two attached hydrogens (primary N) is 1. The first-order valence-corrected chi connectivity index (χ1v) is 11.7. The lowest BCUT2D eigenvalue weighted by molar-refractivity contribution is 0.0783. The molecule has 1 unspecified atom stereocenters. The van der Waals surface area contributed by atoms with Crippen molar-refractivity contribution in [3.63, 3.8) is 0 Å². The molecule has 0 aliphatic carbocycles. The molecule has 37 heavy (non-hydrogen) atoms. The minimum absolute atomic E-state index is 0.0285. The fourth-order valence-corrected chi connectivity index (χ4v) is 4.62. The number of anilines is 2. The Morgan fingerprint density at radius 2 is 1.89 bits per heavy atom. The van der Waals surface area contributed by atoms with Gasteiger partial charge in [0.1, 0.15) is 34.7 Å². The number of ether oxygens (including phenoxy) is 2. The van der Waals surface area contributed by atoms with Gasteiger partial charge < -0.3 is 25.1 Å². The van der Waals surface area contributed by atoms with Crippen molar-refractivity contribution in [3.8, 4) is 17.2 Å². The van der Waals surface area contributed by atoms with Gasteiger partial charge in [0.05, 0.1) is 24.0 Å². The number of nitrogens with one attached hydrogen (secondary N) is 1. The third kappa shape index (κ3) is 4.05. The summed E-state index contributed by atoms with van der Waals surface area (Å²) < 4.78 is 27.8. The molecule has 9 heteroatoms. The van der Waals surface area contributed by atoms with Gasteiger partial charge >= 0.3 is 0 Å². The van der Waals surface area contributed by atoms with Crippen LogP contribution in [0.2, 0.25) is 0 Å². The molecule has 0 radical (unpaired) electrons. The first kappa shape index (κ1) is 22.7. The van der Waals surface area contributed by atoms with Gasteiger partial charge in [0.25, 0.3) is 5.91 Å². The smallest absolute Gasteiger partial charge is 0.258 e. The Balaban J connectivity index is 1.25. The molecule has 0 bridgehead atoms. The fourth-order valence-electron chi connectivity index (χ4n) is 4.62. The first-order chi connectivity index (χ1) is 18.0. The van der Waals surface area contributed by atoms with E-state index in [1.807, 2.05) is 35.8 Å². The van der Waals surface area contributed by atoms with Crippen LogP contribution in [0.25, 0.3) is 16.7 Å². The van der Waals surface area contributed by atoms with Gasteiger partial charge in [-0.3, -0.25) is 4.79 Å². The van der Waals surface area contributed by atoms with Crippen LogP contribution in [0.3, 0.4) is 0 Å². The molecule has 3 heterocycles. The van der Waals surface area contributed by atoms with Crippen molar-refractivity contribution in [2.24, 2.45) is 0 Å². The minimum atomic E-state index is -0.581. The van der Waals surface area contributed by atoms with Crippen LogP contribution in [0.5, 0.6) is 11.5 Å². The maximum absolute atomic E-state index is 13.9. The number of hydrogen-bond acceptors (Lipinski definition) is 6. The molecule has 0 saturated heterocycles. The third-order valence-corrected chi connectivity index (χ3v) is 6.33. The van der Waals surface area contributed by atoms with E-state index in [9.17, 15) is 9.18 Å². The van der Waals surface area contributed by atoms with Crippen molar-refractivity contribution in [2.45, 2.75) is 19.6 Å². The Hall–Kier alpha value is -4.76. The number of halogens is 1. The van der Waals surface area contributed by atoms with E-state index in [-0.39, 0.29) is 11.7 Å². The van der Waals surface area contributed by atoms with E-state index < -0.39 is 11.7 Å². The maximum atomic E-state index is 13.9. The standard InChI is InChI=1S/C28H22FN5O3/c1-16-24-23(14-36-16)34(26-25(24)31-15-32-27(26)30)18-9-11-19(12-10-18)37-20-6-4-5-17(13-20)33-28(35)21-7-2-3-8-22(21)29/h2-13,15-16H,14H2,1H3,(H,33,35)(H2,30,31,32). The molecule has 3 aromatic carbocycles. The van der Waals surface area contributed by atoms with E-state index in [2.05, 4.69) is 15.3 Å². The summed E-state index contributed by atoms with van der Waals surface area (Å²) in [6, 6.07) is 20.3. The van der Waals surface area contributed by atoms with Crippen LogP contribution < -0.4 is 15.8 Å². The topological polar surface area (TPSA) is 104 Å². The Kier molecular flexibility index (Phi) is 5.54. The van der Waals surface area contributed by atoms with Crippen molar-refractivity contribution in [1.82, 2.24) is 14.5 Å². The van der Waals surface area contributed by atoms with Crippen LogP contribution in [0.4, 0.5) is 15.9 Å². The van der Waals surface area contributed by atoms with E-state index in [0.29, 0.717) is 29.6 Å². The molecule has 1 aliphatic rings. The Morgan fingerprint density at radius 3 is 2.70 bits per heavy atom. The van der Waals surface area contributed by atoms with E-state index in [4.69, 9.17) is 15.2 Å². The predicted octanol–water partition coefficient (Wildman–Crippen LogP) is 5.78. The number of amides is 1. The highest BCUT2D eigenvalue weighted by Gasteiger charge is 2.30. The van der Waals surface area contributed by atoms with Gasteiger partial charge in [0.15, 0.2) is 5.82 Å². The van der Waals surface area contributed by atoms with Crippen molar-refractivity contribution in [3.05, 3.63) is 102 Å². The highest BCUT2D eigenvalue weighted by atomic mass is 19.1. The normalized spacial score (nSPS) is 14.5. The molecule has 0 spiro atoms. The summed E-state index contributed by atoms with van der Waals surface area (Å²) in [6.07, 6.45) is 1.39. The number of aromatic nitrogens is 3. The number of carbonyl (C=O) groups excluding carboxylic acids is 1. The minimum Gasteiger partial charge on any atom is -0.457 e. The molecule has 3 N–H and O–H groups in total. The summed E-state index contributed by atoms with van der Waals surface area (Å²) in [7, 11) is 0. The molecule has 1 aliphatic heterocycles. The number of benzene rings is 3. The number of carbonyl (C=O) groups is 1. The van der Waals surface area contributed by atoms with Crippen LogP contribution >= 0.6 is 0 Å². The van der Waals surface area contributed by atoms with Gasteiger partial charge in [0.2, 0.25) is 0 Å². The monoisotopic (exact) mass is 495 g/mol. The number of fused-ring (bicyclic) bond motifs is 3. The van der Waals surface area contributed by atoms with Crippen LogP contribution in [-0.2, 0) is 11.3 Å². The highest BCUT2D eigenvalue weighted by Crippen LogP contribution is 2.41. The third-order valence-electron chi connectivity index (χ3n) is 6.33. The average Bonchev–Trinajstić information content (AvgIpc) is 3.44. The number of nitrogen functional groups attached to an aromatic ring is 1. The molecule has 0 fully saturated rings. The molecule has 5 aromatic rings. The molecular formula is C28H22FN5O3. The lowest BCUT2D eigenvalue weighted by Gasteiger charge is -2.12. The molecule has 1 amide bonds. The van der Waals surface area contributed by atoms with E-state index >= 15 is 0 Å². The molecule has 184 valence electrons. The predicted molar refractivity (Wildman–Crippen MR) is 137 cm³/mol. The first-order valence-electron chi connectivity index (χ1n) is 11.7. The maximum Gasteiger partial charge on any atom is 0.258 e. The summed E-state index contributed by atoms with van der Waals surface area (Å²) in [5.41, 5.74) is 11.2. The van der Waals surface area contributed by atoms with Crippen LogP contribution in [0.1, 0.15) is 34.6 Å². The van der Waals surface area contributed by atoms with Crippen LogP contribution in [-0.4, -0.2) is 20.4 Å². The van der Waals surface area contributed by atoms with Crippen molar-refractivity contribution in [2.75, 3.05) is 11.1 Å². The van der Waals surface area contributed by atoms with Gasteiger partial charge in [-0.2, -0.15) is 0 Å². The lowest BCUT2D eigenvalue weighted by atomic mass is 10.1. The van der Waals surface area contributed by atoms with Gasteiger partial charge in [-0.05, 0) is 55.5 Å². The molecular weight excluding hydrogens is 473 g/mol. The van der Waals surface area contributed by atoms with Gasteiger partial charge in [-0.25, -0.2) is 14.4 Å². The largest absolute Gasteiger partial charge is 0.457 e. The van der Waals surface area contributed by atoms with Gasteiger partial charge in [0, 0.05) is 23.0 Å². The van der Waals surface area contributed by atoms with E-state index in [1.165, 1.54) is 24.5 Å². The van der Waals surface area contributed by atoms with Gasteiger partial charge in [-0.15, -0.1) is 0 Å². The molecule has 2 aromatic heterocycles. The van der Waals surface area contributed by atoms with Crippen molar-refractivity contribution in [1.29, 1.82) is 0 Å². The van der Waals surface area contributed by atoms with E-state index in [1.54, 1.807) is 30.3 Å². The molecule has 0 saturated carbocycles. The second-order valence-corrected chi connectivity index (χ2v) is 8.66. The average molecular weight is 496 g/mol. The second-order valence-electron chi connectivity index (χ2n) is 8.66. The van der Waals surface area contributed by atoms with Crippen LogP contribution in [0.15, 0.2) is 79.1 Å². The zero-order valence-corrected chi connectivity index (χ0v) is 19.8. The Labute approximate surface area is 211 Å². The number of hydrogen-bond donors (Lipinski definition) is 2. The Bertz CT molecular complexity index is 1650. The quantitative estimate of drug-likeness (QED) is 0.320. The zero-order valence-electron chi connectivity index (χ0n) is 19.8. The number of nitrogens with zero attached hydrogens (tertiary/aromatic N) is 3. The summed E-state index contributed by atoms with van der Waals surface area (Å²) in [5.74, 6) is 0.409. The number of rotatable bonds is 5. The van der Waals surface area contributed by atoms with Gasteiger partial charge in [-0.1, -0.05) is 18.2 Å². The van der Waals surface area contributed by atoms with Crippen molar-refractivity contribution < 1.29 is 18.7 Å². The van der Waals surface area contributed by atoms with E-state index in [0.717, 1.165) is 28.0 Å². The zero-order chi connectivity index (χ0) is 25.5. The van der Waals surface area contributed by atoms with Crippen LogP contribution in [0, 0.1) is 5.82 Å². The second kappa shape index (κ2) is 9.03. The molecule has 8 nitrogen and oxygen atoms in total. The molecule has 6 rings (SSSR count).